The Kier molecular flexibility index (Phi) is 4.43. The molecule has 0 radical (unpaired) electrons. The second-order valence-electron chi connectivity index (χ2n) is 3.69. The number of nitrogens with two attached hydrogens (primary N) is 1. The van der Waals surface area contributed by atoms with Crippen LogP contribution >= 0.6 is 17.0 Å². The maximum absolute atomic E-state index is 11.8. The van der Waals surface area contributed by atoms with E-state index in [1.807, 2.05) is 0 Å². The maximum Gasteiger partial charge on any atom is 0.332 e. The molecule has 2 aromatic rings. The molecular weight excluding hydrogens is 306 g/mol. The van der Waals surface area contributed by atoms with Crippen molar-refractivity contribution >= 4 is 28.1 Å². The summed E-state index contributed by atoms with van der Waals surface area (Å²) in [6, 6.07) is 0. The van der Waals surface area contributed by atoms with Gasteiger partial charge >= 0.3 is 5.69 Å². The highest BCUT2D eigenvalue weighted by atomic mass is 79.9. The molecule has 0 aliphatic rings. The van der Waals surface area contributed by atoms with Crippen LogP contribution in [0.15, 0.2) is 15.9 Å². The monoisotopic (exact) mass is 319 g/mol. The Hall–Kier alpha value is -1.45. The van der Waals surface area contributed by atoms with E-state index in [-0.39, 0.29) is 29.1 Å². The van der Waals surface area contributed by atoms with Crippen molar-refractivity contribution in [2.24, 2.45) is 20.0 Å². The number of fused-ring (bicyclic) bond motifs is 1. The zero-order valence-electron chi connectivity index (χ0n) is 9.99. The van der Waals surface area contributed by atoms with Gasteiger partial charge in [0, 0.05) is 14.1 Å². The molecule has 0 aromatic carbocycles. The van der Waals surface area contributed by atoms with Gasteiger partial charge in [0.15, 0.2) is 5.52 Å². The summed E-state index contributed by atoms with van der Waals surface area (Å²) in [6.07, 6.45) is 1.49. The third kappa shape index (κ3) is 2.11. The first-order chi connectivity index (χ1) is 8.07. The summed E-state index contributed by atoms with van der Waals surface area (Å²) in [7, 11) is 3.01. The lowest BCUT2D eigenvalue weighted by molar-refractivity contribution is 0.130. The molecule has 0 fully saturated rings. The minimum atomic E-state index is -0.407. The second-order valence-corrected chi connectivity index (χ2v) is 3.69. The molecule has 2 rings (SSSR count). The molecule has 0 spiro atoms. The van der Waals surface area contributed by atoms with Crippen LogP contribution < -0.4 is 17.1 Å². The molecule has 0 aliphatic heterocycles. The van der Waals surface area contributed by atoms with Gasteiger partial charge in [0.25, 0.3) is 5.56 Å². The SMILES string of the molecule is Br.Cn1c(=O)c2ncn(CCON)c2n(C)c1=O. The van der Waals surface area contributed by atoms with Gasteiger partial charge in [-0.25, -0.2) is 15.7 Å². The lowest BCUT2D eigenvalue weighted by Crippen LogP contribution is -2.37. The number of aryl methyl sites for hydroxylation is 1. The smallest absolute Gasteiger partial charge is 0.314 e. The Morgan fingerprint density at radius 2 is 2.00 bits per heavy atom. The van der Waals surface area contributed by atoms with E-state index in [0.29, 0.717) is 12.2 Å². The number of imidazole rings is 1. The summed E-state index contributed by atoms with van der Waals surface area (Å²) in [5.74, 6) is 4.94. The zero-order valence-corrected chi connectivity index (χ0v) is 11.7. The lowest BCUT2D eigenvalue weighted by atomic mass is 10.5. The third-order valence-corrected chi connectivity index (χ3v) is 2.66. The van der Waals surface area contributed by atoms with Crippen molar-refractivity contribution in [3.8, 4) is 0 Å². The molecule has 2 heterocycles. The molecule has 0 atom stereocenters. The van der Waals surface area contributed by atoms with E-state index in [1.165, 1.54) is 17.9 Å². The summed E-state index contributed by atoms with van der Waals surface area (Å²) in [6.45, 7) is 0.697. The van der Waals surface area contributed by atoms with E-state index >= 15 is 0 Å². The molecule has 0 bridgehead atoms. The van der Waals surface area contributed by atoms with E-state index in [2.05, 4.69) is 9.82 Å². The predicted molar refractivity (Wildman–Crippen MR) is 70.7 cm³/mol. The Bertz CT molecular complexity index is 671. The fourth-order valence-electron chi connectivity index (χ4n) is 1.75. The van der Waals surface area contributed by atoms with E-state index in [0.717, 1.165) is 4.57 Å². The summed E-state index contributed by atoms with van der Waals surface area (Å²) >= 11 is 0. The van der Waals surface area contributed by atoms with E-state index < -0.39 is 11.2 Å². The van der Waals surface area contributed by atoms with Gasteiger partial charge in [-0.1, -0.05) is 0 Å². The molecule has 9 heteroatoms. The van der Waals surface area contributed by atoms with Crippen molar-refractivity contribution in [2.45, 2.75) is 6.54 Å². The molecule has 2 aromatic heterocycles. The topological polar surface area (TPSA) is 97.1 Å². The average molecular weight is 320 g/mol. The van der Waals surface area contributed by atoms with Crippen molar-refractivity contribution in [1.82, 2.24) is 18.7 Å². The highest BCUT2D eigenvalue weighted by Crippen LogP contribution is 2.05. The largest absolute Gasteiger partial charge is 0.332 e. The molecular formula is C9H14BrN5O3. The van der Waals surface area contributed by atoms with Gasteiger partial charge in [-0.3, -0.25) is 13.9 Å². The molecule has 2 N–H and O–H groups in total. The highest BCUT2D eigenvalue weighted by Gasteiger charge is 2.13. The van der Waals surface area contributed by atoms with Crippen LogP contribution in [0.25, 0.3) is 11.2 Å². The third-order valence-electron chi connectivity index (χ3n) is 2.66. The Balaban J connectivity index is 0.00000162. The standard InChI is InChI=1S/C9H13N5O3.BrH/c1-12-7-6(8(15)13(2)9(12)16)11-5-14(7)3-4-17-10;/h5H,3-4,10H2,1-2H3;1H. The first-order valence-corrected chi connectivity index (χ1v) is 5.00. The van der Waals surface area contributed by atoms with Crippen LogP contribution in [0.5, 0.6) is 0 Å². The quantitative estimate of drug-likeness (QED) is 0.724. The number of hydrogen-bond donors (Lipinski definition) is 1. The molecule has 8 nitrogen and oxygen atoms in total. The van der Waals surface area contributed by atoms with Crippen molar-refractivity contribution in [3.05, 3.63) is 27.2 Å². The fraction of sp³-hybridized carbons (Fsp3) is 0.444. The van der Waals surface area contributed by atoms with Crippen LogP contribution in [0, 0.1) is 0 Å². The van der Waals surface area contributed by atoms with Gasteiger partial charge < -0.3 is 9.40 Å². The van der Waals surface area contributed by atoms with Crippen LogP contribution in [0.3, 0.4) is 0 Å². The van der Waals surface area contributed by atoms with Crippen molar-refractivity contribution < 1.29 is 4.84 Å². The van der Waals surface area contributed by atoms with Gasteiger partial charge in [0.2, 0.25) is 0 Å². The zero-order chi connectivity index (χ0) is 12.6. The van der Waals surface area contributed by atoms with Gasteiger partial charge in [-0.2, -0.15) is 0 Å². The Morgan fingerprint density at radius 1 is 1.33 bits per heavy atom. The van der Waals surface area contributed by atoms with Gasteiger partial charge in [-0.05, 0) is 0 Å². The number of hydrogen-bond acceptors (Lipinski definition) is 5. The summed E-state index contributed by atoms with van der Waals surface area (Å²) in [5.41, 5.74) is -0.0739. The van der Waals surface area contributed by atoms with E-state index in [1.54, 1.807) is 11.6 Å². The minimum Gasteiger partial charge on any atom is -0.314 e. The van der Waals surface area contributed by atoms with Crippen LogP contribution in [-0.4, -0.2) is 25.3 Å². The van der Waals surface area contributed by atoms with Crippen LogP contribution in [-0.2, 0) is 25.5 Å². The van der Waals surface area contributed by atoms with Crippen molar-refractivity contribution in [3.63, 3.8) is 0 Å². The van der Waals surface area contributed by atoms with Gasteiger partial charge in [0.1, 0.15) is 5.65 Å². The Morgan fingerprint density at radius 3 is 2.61 bits per heavy atom. The normalized spacial score (nSPS) is 10.6. The van der Waals surface area contributed by atoms with Gasteiger partial charge in [0.05, 0.1) is 19.5 Å². The van der Waals surface area contributed by atoms with E-state index in [9.17, 15) is 9.59 Å². The molecule has 0 saturated heterocycles. The fourth-order valence-corrected chi connectivity index (χ4v) is 1.75. The van der Waals surface area contributed by atoms with E-state index in [4.69, 9.17) is 5.90 Å². The summed E-state index contributed by atoms with van der Waals surface area (Å²) < 4.78 is 4.06. The maximum atomic E-state index is 11.8. The van der Waals surface area contributed by atoms with Gasteiger partial charge in [-0.15, -0.1) is 17.0 Å². The average Bonchev–Trinajstić information content (AvgIpc) is 2.75. The van der Waals surface area contributed by atoms with Crippen LogP contribution in [0.1, 0.15) is 0 Å². The predicted octanol–water partition coefficient (Wildman–Crippen LogP) is -1.10. The molecule has 100 valence electrons. The summed E-state index contributed by atoms with van der Waals surface area (Å²) in [4.78, 5) is 32.0. The molecule has 0 unspecified atom stereocenters. The highest BCUT2D eigenvalue weighted by molar-refractivity contribution is 8.93. The van der Waals surface area contributed by atoms with Crippen molar-refractivity contribution in [1.29, 1.82) is 0 Å². The number of halogens is 1. The second kappa shape index (κ2) is 5.46. The number of nitrogens with zero attached hydrogens (tertiary/aromatic N) is 4. The Labute approximate surface area is 112 Å². The number of aromatic nitrogens is 4. The molecule has 18 heavy (non-hydrogen) atoms. The lowest BCUT2D eigenvalue weighted by Gasteiger charge is -2.07. The van der Waals surface area contributed by atoms with Crippen LogP contribution in [0.2, 0.25) is 0 Å². The first-order valence-electron chi connectivity index (χ1n) is 5.00. The molecule has 0 saturated carbocycles. The first kappa shape index (κ1) is 14.6. The van der Waals surface area contributed by atoms with Crippen molar-refractivity contribution in [2.75, 3.05) is 6.61 Å². The molecule has 0 amide bonds. The molecule has 0 aliphatic carbocycles. The van der Waals surface area contributed by atoms with Crippen LogP contribution in [0.4, 0.5) is 0 Å². The minimum absolute atomic E-state index is 0. The summed E-state index contributed by atoms with van der Waals surface area (Å²) in [5, 5.41) is 0. The number of rotatable bonds is 3.